The second-order valence-corrected chi connectivity index (χ2v) is 4.38. The molecule has 0 aromatic heterocycles. The van der Waals surface area contributed by atoms with Gasteiger partial charge in [-0.1, -0.05) is 32.6 Å². The highest BCUT2D eigenvalue weighted by molar-refractivity contribution is 5.82. The van der Waals surface area contributed by atoms with Crippen molar-refractivity contribution in [1.82, 2.24) is 0 Å². The van der Waals surface area contributed by atoms with Gasteiger partial charge >= 0.3 is 11.9 Å². The third-order valence-corrected chi connectivity index (χ3v) is 3.03. The molecule has 1 heterocycles. The number of unbranched alkanes of at least 4 members (excludes halogenated alkanes) is 4. The summed E-state index contributed by atoms with van der Waals surface area (Å²) in [6, 6.07) is 0. The zero-order valence-corrected chi connectivity index (χ0v) is 9.78. The number of carbonyl (C=O) groups excluding carboxylic acids is 1. The molecule has 0 aliphatic carbocycles. The van der Waals surface area contributed by atoms with Gasteiger partial charge in [0.1, 0.15) is 12.0 Å². The van der Waals surface area contributed by atoms with E-state index >= 15 is 0 Å². The summed E-state index contributed by atoms with van der Waals surface area (Å²) in [5.74, 6) is -1.91. The van der Waals surface area contributed by atoms with Crippen LogP contribution in [0.1, 0.15) is 51.9 Å². The molecule has 0 spiro atoms. The molecule has 16 heavy (non-hydrogen) atoms. The van der Waals surface area contributed by atoms with Crippen molar-refractivity contribution in [2.45, 2.75) is 58.0 Å². The number of esters is 1. The molecular weight excluding hydrogens is 208 g/mol. The Morgan fingerprint density at radius 2 is 2.06 bits per heavy atom. The van der Waals surface area contributed by atoms with E-state index in [0.29, 0.717) is 6.42 Å². The summed E-state index contributed by atoms with van der Waals surface area (Å²) in [7, 11) is 0. The number of carboxylic acid groups (broad SMARTS) is 1. The van der Waals surface area contributed by atoms with Gasteiger partial charge in [0, 0.05) is 0 Å². The van der Waals surface area contributed by atoms with E-state index in [1.54, 1.807) is 0 Å². The van der Waals surface area contributed by atoms with Crippen molar-refractivity contribution in [3.63, 3.8) is 0 Å². The Morgan fingerprint density at radius 1 is 1.38 bits per heavy atom. The molecule has 1 saturated heterocycles. The second kappa shape index (κ2) is 6.51. The summed E-state index contributed by atoms with van der Waals surface area (Å²) in [5, 5.41) is 8.91. The van der Waals surface area contributed by atoms with Crippen molar-refractivity contribution >= 4 is 11.9 Å². The van der Waals surface area contributed by atoms with Gasteiger partial charge in [-0.3, -0.25) is 9.59 Å². The first-order valence-corrected chi connectivity index (χ1v) is 6.07. The molecule has 1 rings (SSSR count). The lowest BCUT2D eigenvalue weighted by atomic mass is 9.96. The lowest BCUT2D eigenvalue weighted by Gasteiger charge is -2.13. The van der Waals surface area contributed by atoms with E-state index in [4.69, 9.17) is 9.84 Å². The first-order chi connectivity index (χ1) is 7.65. The molecule has 1 fully saturated rings. The summed E-state index contributed by atoms with van der Waals surface area (Å²) in [6.45, 7) is 2.15. The van der Waals surface area contributed by atoms with Gasteiger partial charge in [-0.05, 0) is 12.8 Å². The van der Waals surface area contributed by atoms with Gasteiger partial charge in [-0.2, -0.15) is 0 Å². The minimum atomic E-state index is -0.913. The van der Waals surface area contributed by atoms with Gasteiger partial charge < -0.3 is 9.84 Å². The largest absolute Gasteiger partial charge is 0.481 e. The van der Waals surface area contributed by atoms with Crippen LogP contribution >= 0.6 is 0 Å². The molecule has 0 amide bonds. The van der Waals surface area contributed by atoms with Crippen LogP contribution in [0.2, 0.25) is 0 Å². The van der Waals surface area contributed by atoms with Crippen molar-refractivity contribution < 1.29 is 19.4 Å². The summed E-state index contributed by atoms with van der Waals surface area (Å²) in [4.78, 5) is 21.9. The Morgan fingerprint density at radius 3 is 2.69 bits per heavy atom. The van der Waals surface area contributed by atoms with Gasteiger partial charge in [0.05, 0.1) is 6.42 Å². The average Bonchev–Trinajstić information content (AvgIpc) is 2.59. The summed E-state index contributed by atoms with van der Waals surface area (Å²) in [5.41, 5.74) is 0. The third kappa shape index (κ3) is 3.83. The number of carbonyl (C=O) groups is 2. The van der Waals surface area contributed by atoms with Crippen LogP contribution in [0, 0.1) is 5.92 Å². The molecule has 4 nitrogen and oxygen atoms in total. The lowest BCUT2D eigenvalue weighted by Crippen LogP contribution is -2.23. The highest BCUT2D eigenvalue weighted by Crippen LogP contribution is 2.26. The Hall–Kier alpha value is -1.06. The Kier molecular flexibility index (Phi) is 5.29. The van der Waals surface area contributed by atoms with Crippen molar-refractivity contribution in [2.75, 3.05) is 0 Å². The zero-order chi connectivity index (χ0) is 12.0. The normalized spacial score (nSPS) is 24.4. The van der Waals surface area contributed by atoms with E-state index in [0.717, 1.165) is 12.8 Å². The highest BCUT2D eigenvalue weighted by atomic mass is 16.6. The van der Waals surface area contributed by atoms with Crippen molar-refractivity contribution in [1.29, 1.82) is 0 Å². The highest BCUT2D eigenvalue weighted by Gasteiger charge is 2.39. The molecule has 0 unspecified atom stereocenters. The van der Waals surface area contributed by atoms with Gasteiger partial charge in [-0.25, -0.2) is 0 Å². The predicted octanol–water partition coefficient (Wildman–Crippen LogP) is 2.36. The lowest BCUT2D eigenvalue weighted by molar-refractivity contribution is -0.144. The molecule has 1 aliphatic heterocycles. The van der Waals surface area contributed by atoms with Crippen LogP contribution in [-0.2, 0) is 14.3 Å². The van der Waals surface area contributed by atoms with Crippen LogP contribution in [-0.4, -0.2) is 23.1 Å². The van der Waals surface area contributed by atoms with Crippen LogP contribution in [0.15, 0.2) is 0 Å². The molecule has 2 atom stereocenters. The van der Waals surface area contributed by atoms with Crippen LogP contribution in [0.5, 0.6) is 0 Å². The van der Waals surface area contributed by atoms with E-state index in [-0.39, 0.29) is 12.4 Å². The fourth-order valence-electron chi connectivity index (χ4n) is 2.07. The summed E-state index contributed by atoms with van der Waals surface area (Å²) < 4.78 is 5.02. The van der Waals surface area contributed by atoms with Crippen molar-refractivity contribution in [3.8, 4) is 0 Å². The Labute approximate surface area is 96.0 Å². The number of rotatable bonds is 7. The van der Waals surface area contributed by atoms with Crippen LogP contribution < -0.4 is 0 Å². The minimum absolute atomic E-state index is 0.0367. The molecule has 1 aliphatic rings. The molecule has 4 heteroatoms. The number of ether oxygens (including phenoxy) is 1. The van der Waals surface area contributed by atoms with Gasteiger partial charge in [0.25, 0.3) is 0 Å². The number of hydrogen-bond donors (Lipinski definition) is 1. The first kappa shape index (κ1) is 13.0. The van der Waals surface area contributed by atoms with Crippen LogP contribution in [0.4, 0.5) is 0 Å². The quantitative estimate of drug-likeness (QED) is 0.536. The SMILES string of the molecule is CCCCCCC[C@H]1OC(=O)C[C@@H]1C(=O)O. The van der Waals surface area contributed by atoms with E-state index in [9.17, 15) is 9.59 Å². The molecule has 0 bridgehead atoms. The third-order valence-electron chi connectivity index (χ3n) is 3.03. The molecule has 0 aromatic carbocycles. The van der Waals surface area contributed by atoms with E-state index < -0.39 is 18.0 Å². The number of aliphatic carboxylic acids is 1. The predicted molar refractivity (Wildman–Crippen MR) is 59.0 cm³/mol. The average molecular weight is 228 g/mol. The number of carboxylic acids is 1. The van der Waals surface area contributed by atoms with Crippen molar-refractivity contribution in [3.05, 3.63) is 0 Å². The maximum Gasteiger partial charge on any atom is 0.310 e. The monoisotopic (exact) mass is 228 g/mol. The zero-order valence-electron chi connectivity index (χ0n) is 9.78. The smallest absolute Gasteiger partial charge is 0.310 e. The van der Waals surface area contributed by atoms with Gasteiger partial charge in [-0.15, -0.1) is 0 Å². The topological polar surface area (TPSA) is 63.6 Å². The van der Waals surface area contributed by atoms with E-state index in [2.05, 4.69) is 6.92 Å². The van der Waals surface area contributed by atoms with Gasteiger partial charge in [0.15, 0.2) is 0 Å². The maximum absolute atomic E-state index is 11.0. The molecule has 92 valence electrons. The maximum atomic E-state index is 11.0. The number of cyclic esters (lactones) is 1. The Balaban J connectivity index is 2.24. The fraction of sp³-hybridized carbons (Fsp3) is 0.833. The molecule has 1 N–H and O–H groups in total. The standard InChI is InChI=1S/C12H20O4/c1-2-3-4-5-6-7-10-9(12(14)15)8-11(13)16-10/h9-10H,2-8H2,1H3,(H,14,15)/t9-,10+/m0/s1. The van der Waals surface area contributed by atoms with E-state index in [1.807, 2.05) is 0 Å². The molecule has 0 saturated carbocycles. The first-order valence-electron chi connectivity index (χ1n) is 6.07. The van der Waals surface area contributed by atoms with Gasteiger partial charge in [0.2, 0.25) is 0 Å². The number of hydrogen-bond acceptors (Lipinski definition) is 3. The fourth-order valence-corrected chi connectivity index (χ4v) is 2.07. The summed E-state index contributed by atoms with van der Waals surface area (Å²) in [6.07, 6.45) is 5.95. The van der Waals surface area contributed by atoms with Crippen LogP contribution in [0.3, 0.4) is 0 Å². The Bertz CT molecular complexity index is 249. The minimum Gasteiger partial charge on any atom is -0.481 e. The van der Waals surface area contributed by atoms with E-state index in [1.165, 1.54) is 19.3 Å². The van der Waals surface area contributed by atoms with Crippen LogP contribution in [0.25, 0.3) is 0 Å². The molecule has 0 aromatic rings. The molecular formula is C12H20O4. The van der Waals surface area contributed by atoms with Crippen molar-refractivity contribution in [2.24, 2.45) is 5.92 Å². The summed E-state index contributed by atoms with van der Waals surface area (Å²) >= 11 is 0. The second-order valence-electron chi connectivity index (χ2n) is 4.38. The molecule has 0 radical (unpaired) electrons.